The molecule has 4 rings (SSSR count). The Kier molecular flexibility index (Phi) is 4.12. The van der Waals surface area contributed by atoms with Gasteiger partial charge in [0.15, 0.2) is 16.6 Å². The zero-order valence-electron chi connectivity index (χ0n) is 13.3. The maximum absolute atomic E-state index is 12.7. The van der Waals surface area contributed by atoms with Gasteiger partial charge < -0.3 is 14.8 Å². The molecule has 0 aliphatic carbocycles. The van der Waals surface area contributed by atoms with Crippen LogP contribution in [0.2, 0.25) is 0 Å². The molecule has 0 unspecified atom stereocenters. The molecule has 0 aromatic heterocycles. The first-order valence-corrected chi connectivity index (χ1v) is 8.58. The molecular formula is C17H19N3O3S. The lowest BCUT2D eigenvalue weighted by atomic mass is 10.1. The Morgan fingerprint density at radius 2 is 1.96 bits per heavy atom. The number of amides is 1. The maximum Gasteiger partial charge on any atom is 0.277 e. The highest BCUT2D eigenvalue weighted by molar-refractivity contribution is 7.80. The van der Waals surface area contributed by atoms with Gasteiger partial charge in [-0.05, 0) is 61.9 Å². The van der Waals surface area contributed by atoms with Crippen LogP contribution in [0.25, 0.3) is 6.08 Å². The first-order valence-electron chi connectivity index (χ1n) is 8.17. The number of fused-ring (bicyclic) bond motifs is 1. The van der Waals surface area contributed by atoms with Gasteiger partial charge in [-0.1, -0.05) is 12.5 Å². The Balaban J connectivity index is 1.50. The summed E-state index contributed by atoms with van der Waals surface area (Å²) >= 11 is 5.34. The van der Waals surface area contributed by atoms with Crippen LogP contribution >= 0.6 is 12.2 Å². The molecule has 1 aromatic rings. The largest absolute Gasteiger partial charge is 0.454 e. The highest BCUT2D eigenvalue weighted by Gasteiger charge is 2.32. The summed E-state index contributed by atoms with van der Waals surface area (Å²) in [7, 11) is 0. The third-order valence-electron chi connectivity index (χ3n) is 4.46. The third kappa shape index (κ3) is 2.97. The lowest BCUT2D eigenvalue weighted by Crippen LogP contribution is -2.43. The monoisotopic (exact) mass is 345 g/mol. The van der Waals surface area contributed by atoms with Crippen molar-refractivity contribution in [1.29, 1.82) is 0 Å². The molecule has 0 atom stereocenters. The molecule has 126 valence electrons. The molecule has 0 bridgehead atoms. The average molecular weight is 345 g/mol. The highest BCUT2D eigenvalue weighted by atomic mass is 32.1. The van der Waals surface area contributed by atoms with Crippen molar-refractivity contribution in [3.8, 4) is 11.5 Å². The summed E-state index contributed by atoms with van der Waals surface area (Å²) in [5.74, 6) is 1.34. The number of likely N-dealkylation sites (tertiary alicyclic amines) is 1. The van der Waals surface area contributed by atoms with Crippen LogP contribution < -0.4 is 14.8 Å². The van der Waals surface area contributed by atoms with Gasteiger partial charge in [0, 0.05) is 0 Å². The van der Waals surface area contributed by atoms with Gasteiger partial charge in [-0.3, -0.25) is 14.6 Å². The van der Waals surface area contributed by atoms with E-state index in [-0.39, 0.29) is 12.7 Å². The first-order chi connectivity index (χ1) is 11.7. The fourth-order valence-corrected chi connectivity index (χ4v) is 3.42. The summed E-state index contributed by atoms with van der Waals surface area (Å²) in [6.45, 7) is 2.84. The minimum Gasteiger partial charge on any atom is -0.454 e. The quantitative estimate of drug-likeness (QED) is 0.667. The Morgan fingerprint density at radius 3 is 2.79 bits per heavy atom. The molecule has 0 spiro atoms. The van der Waals surface area contributed by atoms with E-state index in [1.54, 1.807) is 11.0 Å². The van der Waals surface area contributed by atoms with Crippen LogP contribution in [0.4, 0.5) is 0 Å². The van der Waals surface area contributed by atoms with Gasteiger partial charge in [0.1, 0.15) is 5.70 Å². The van der Waals surface area contributed by atoms with Gasteiger partial charge >= 0.3 is 0 Å². The number of benzene rings is 1. The molecule has 1 amide bonds. The molecule has 24 heavy (non-hydrogen) atoms. The zero-order chi connectivity index (χ0) is 16.5. The van der Waals surface area contributed by atoms with Crippen molar-refractivity contribution >= 4 is 29.3 Å². The average Bonchev–Trinajstić information content (AvgIpc) is 3.16. The fraction of sp³-hybridized carbons (Fsp3) is 0.412. The van der Waals surface area contributed by atoms with Crippen molar-refractivity contribution in [1.82, 2.24) is 15.1 Å². The van der Waals surface area contributed by atoms with Crippen molar-refractivity contribution < 1.29 is 14.3 Å². The minimum atomic E-state index is -0.0803. The summed E-state index contributed by atoms with van der Waals surface area (Å²) in [6.07, 6.45) is 5.43. The number of thiocarbonyl (C=S) groups is 1. The molecular weight excluding hydrogens is 326 g/mol. The number of nitrogens with zero attached hydrogens (tertiary/aromatic N) is 2. The molecule has 6 nitrogen and oxygen atoms in total. The summed E-state index contributed by atoms with van der Waals surface area (Å²) in [5.41, 5.74) is 1.37. The number of carbonyl (C=O) groups is 1. The topological polar surface area (TPSA) is 54.0 Å². The minimum absolute atomic E-state index is 0.0803. The SMILES string of the molecule is O=C1C(=Cc2ccc3c(c2)OCO3)NC(=S)N1CN1CCCCC1. The van der Waals surface area contributed by atoms with E-state index in [9.17, 15) is 4.79 Å². The zero-order valence-corrected chi connectivity index (χ0v) is 14.1. The van der Waals surface area contributed by atoms with Gasteiger partial charge in [-0.2, -0.15) is 0 Å². The van der Waals surface area contributed by atoms with Crippen molar-refractivity contribution in [3.05, 3.63) is 29.5 Å². The highest BCUT2D eigenvalue weighted by Crippen LogP contribution is 2.33. The van der Waals surface area contributed by atoms with Crippen molar-refractivity contribution in [3.63, 3.8) is 0 Å². The second kappa shape index (κ2) is 6.41. The van der Waals surface area contributed by atoms with E-state index < -0.39 is 0 Å². The van der Waals surface area contributed by atoms with Gasteiger partial charge in [0.2, 0.25) is 6.79 Å². The lowest BCUT2D eigenvalue weighted by Gasteiger charge is -2.29. The van der Waals surface area contributed by atoms with Gasteiger partial charge in [0.25, 0.3) is 5.91 Å². The van der Waals surface area contributed by atoms with E-state index in [2.05, 4.69) is 10.2 Å². The first kappa shape index (κ1) is 15.4. The number of rotatable bonds is 3. The Bertz CT molecular complexity index is 713. The summed E-state index contributed by atoms with van der Waals surface area (Å²) < 4.78 is 10.7. The number of nitrogens with one attached hydrogen (secondary N) is 1. The summed E-state index contributed by atoms with van der Waals surface area (Å²) in [4.78, 5) is 16.6. The Morgan fingerprint density at radius 1 is 1.17 bits per heavy atom. The van der Waals surface area contributed by atoms with Gasteiger partial charge in [-0.15, -0.1) is 0 Å². The standard InChI is InChI=1S/C17H19N3O3S/c21-16-13(8-12-4-5-14-15(9-12)23-11-22-14)18-17(24)20(16)10-19-6-2-1-3-7-19/h4-5,8-9H,1-3,6-7,10-11H2,(H,18,24). The van der Waals surface area contributed by atoms with E-state index in [0.717, 1.165) is 24.4 Å². The van der Waals surface area contributed by atoms with Crippen LogP contribution in [-0.4, -0.2) is 47.4 Å². The van der Waals surface area contributed by atoms with Crippen molar-refractivity contribution in [2.75, 3.05) is 26.6 Å². The Hall–Kier alpha value is -2.12. The van der Waals surface area contributed by atoms with Crippen LogP contribution in [0.3, 0.4) is 0 Å². The third-order valence-corrected chi connectivity index (χ3v) is 4.78. The van der Waals surface area contributed by atoms with E-state index in [1.165, 1.54) is 19.3 Å². The van der Waals surface area contributed by atoms with E-state index in [4.69, 9.17) is 21.7 Å². The molecule has 7 heteroatoms. The number of hydrogen-bond acceptors (Lipinski definition) is 5. The van der Waals surface area contributed by atoms with E-state index >= 15 is 0 Å². The number of ether oxygens (including phenoxy) is 2. The molecule has 1 N–H and O–H groups in total. The number of piperidine rings is 1. The predicted molar refractivity (Wildman–Crippen MR) is 93.4 cm³/mol. The van der Waals surface area contributed by atoms with Gasteiger partial charge in [0.05, 0.1) is 6.67 Å². The van der Waals surface area contributed by atoms with Crippen LogP contribution in [-0.2, 0) is 4.79 Å². The second-order valence-corrected chi connectivity index (χ2v) is 6.54. The predicted octanol–water partition coefficient (Wildman–Crippen LogP) is 1.92. The lowest BCUT2D eigenvalue weighted by molar-refractivity contribution is -0.123. The molecule has 2 fully saturated rings. The molecule has 1 aromatic carbocycles. The number of carbonyl (C=O) groups excluding carboxylic acids is 1. The molecule has 2 saturated heterocycles. The van der Waals surface area contributed by atoms with Crippen molar-refractivity contribution in [2.24, 2.45) is 0 Å². The van der Waals surface area contributed by atoms with Crippen LogP contribution in [0.15, 0.2) is 23.9 Å². The van der Waals surface area contributed by atoms with E-state index in [0.29, 0.717) is 23.2 Å². The second-order valence-electron chi connectivity index (χ2n) is 6.15. The van der Waals surface area contributed by atoms with Gasteiger partial charge in [-0.25, -0.2) is 0 Å². The van der Waals surface area contributed by atoms with Crippen LogP contribution in [0, 0.1) is 0 Å². The molecule has 3 heterocycles. The fourth-order valence-electron chi connectivity index (χ4n) is 3.17. The molecule has 0 saturated carbocycles. The van der Waals surface area contributed by atoms with Crippen LogP contribution in [0.1, 0.15) is 24.8 Å². The molecule has 3 aliphatic heterocycles. The smallest absolute Gasteiger partial charge is 0.277 e. The maximum atomic E-state index is 12.7. The Labute approximate surface area is 146 Å². The number of hydrogen-bond donors (Lipinski definition) is 1. The summed E-state index contributed by atoms with van der Waals surface area (Å²) in [6, 6.07) is 5.60. The van der Waals surface area contributed by atoms with Crippen molar-refractivity contribution in [2.45, 2.75) is 19.3 Å². The van der Waals surface area contributed by atoms with E-state index in [1.807, 2.05) is 18.2 Å². The normalized spacial score (nSPS) is 22.3. The molecule has 0 radical (unpaired) electrons. The summed E-state index contributed by atoms with van der Waals surface area (Å²) in [5, 5.41) is 3.50. The molecule has 3 aliphatic rings. The van der Waals surface area contributed by atoms with Crippen LogP contribution in [0.5, 0.6) is 11.5 Å².